The molecule has 0 spiro atoms. The number of carbonyl (C=O) groups is 1. The van der Waals surface area contributed by atoms with Gasteiger partial charge in [-0.3, -0.25) is 4.79 Å². The van der Waals surface area contributed by atoms with Crippen LogP contribution in [0.2, 0.25) is 0 Å². The van der Waals surface area contributed by atoms with Crippen molar-refractivity contribution < 1.29 is 9.53 Å². The number of amides is 1. The van der Waals surface area contributed by atoms with E-state index in [-0.39, 0.29) is 5.91 Å². The van der Waals surface area contributed by atoms with Gasteiger partial charge in [-0.25, -0.2) is 0 Å². The summed E-state index contributed by atoms with van der Waals surface area (Å²) >= 11 is 0. The Morgan fingerprint density at radius 3 is 2.65 bits per heavy atom. The minimum atomic E-state index is 0.0220. The summed E-state index contributed by atoms with van der Waals surface area (Å²) in [6.45, 7) is 5.26. The first-order valence-electron chi connectivity index (χ1n) is 7.80. The molecule has 0 atom stereocenters. The Balaban J connectivity index is 1.78. The number of rotatable bonds is 7. The second-order valence-electron chi connectivity index (χ2n) is 5.51. The van der Waals surface area contributed by atoms with Crippen LogP contribution in [0.1, 0.15) is 23.1 Å². The molecule has 4 heteroatoms. The van der Waals surface area contributed by atoms with E-state index in [1.54, 1.807) is 7.11 Å². The van der Waals surface area contributed by atoms with E-state index in [9.17, 15) is 4.79 Å². The van der Waals surface area contributed by atoms with E-state index >= 15 is 0 Å². The fourth-order valence-electron chi connectivity index (χ4n) is 2.38. The first-order chi connectivity index (χ1) is 11.1. The molecule has 23 heavy (non-hydrogen) atoms. The van der Waals surface area contributed by atoms with Crippen LogP contribution < -0.4 is 15.4 Å². The second-order valence-corrected chi connectivity index (χ2v) is 5.51. The molecule has 0 bridgehead atoms. The number of anilines is 1. The Kier molecular flexibility index (Phi) is 6.03. The first kappa shape index (κ1) is 16.9. The van der Waals surface area contributed by atoms with Crippen LogP contribution in [-0.2, 0) is 11.3 Å². The molecule has 2 N–H and O–H groups in total. The van der Waals surface area contributed by atoms with Crippen LogP contribution in [0, 0.1) is 13.8 Å². The number of ether oxygens (including phenoxy) is 1. The molecular weight excluding hydrogens is 288 g/mol. The number of nitrogens with one attached hydrogen (secondary N) is 2. The van der Waals surface area contributed by atoms with Crippen molar-refractivity contribution in [2.45, 2.75) is 26.8 Å². The Labute approximate surface area is 137 Å². The van der Waals surface area contributed by atoms with Crippen LogP contribution >= 0.6 is 0 Å². The van der Waals surface area contributed by atoms with Gasteiger partial charge >= 0.3 is 0 Å². The summed E-state index contributed by atoms with van der Waals surface area (Å²) in [5.41, 5.74) is 4.53. The summed E-state index contributed by atoms with van der Waals surface area (Å²) in [5, 5.41) is 6.25. The van der Waals surface area contributed by atoms with Gasteiger partial charge in [-0.1, -0.05) is 30.3 Å². The van der Waals surface area contributed by atoms with Gasteiger partial charge in [0, 0.05) is 30.8 Å². The van der Waals surface area contributed by atoms with Gasteiger partial charge < -0.3 is 15.4 Å². The highest BCUT2D eigenvalue weighted by Crippen LogP contribution is 2.18. The molecule has 1 amide bonds. The smallest absolute Gasteiger partial charge is 0.222 e. The fourth-order valence-corrected chi connectivity index (χ4v) is 2.38. The summed E-state index contributed by atoms with van der Waals surface area (Å²) in [7, 11) is 1.63. The lowest BCUT2D eigenvalue weighted by Crippen LogP contribution is -2.25. The number of methoxy groups -OCH3 is 1. The highest BCUT2D eigenvalue weighted by molar-refractivity contribution is 5.76. The van der Waals surface area contributed by atoms with E-state index in [0.717, 1.165) is 17.0 Å². The first-order valence-corrected chi connectivity index (χ1v) is 7.80. The normalized spacial score (nSPS) is 10.2. The van der Waals surface area contributed by atoms with Crippen molar-refractivity contribution in [2.24, 2.45) is 0 Å². The minimum absolute atomic E-state index is 0.0220. The minimum Gasteiger partial charge on any atom is -0.496 e. The molecule has 0 heterocycles. The number of para-hydroxylation sites is 1. The van der Waals surface area contributed by atoms with Crippen molar-refractivity contribution in [3.05, 3.63) is 59.2 Å². The average molecular weight is 312 g/mol. The molecule has 0 fully saturated rings. The summed E-state index contributed by atoms with van der Waals surface area (Å²) < 4.78 is 5.28. The van der Waals surface area contributed by atoms with Gasteiger partial charge in [-0.15, -0.1) is 0 Å². The Morgan fingerprint density at radius 2 is 1.87 bits per heavy atom. The molecule has 0 saturated heterocycles. The maximum atomic E-state index is 12.0. The monoisotopic (exact) mass is 312 g/mol. The number of carbonyl (C=O) groups excluding carboxylic acids is 1. The van der Waals surface area contributed by atoms with Crippen molar-refractivity contribution in [1.82, 2.24) is 5.32 Å². The van der Waals surface area contributed by atoms with Crippen molar-refractivity contribution >= 4 is 11.6 Å². The van der Waals surface area contributed by atoms with Crippen LogP contribution in [0.4, 0.5) is 5.69 Å². The maximum absolute atomic E-state index is 12.0. The highest BCUT2D eigenvalue weighted by Gasteiger charge is 2.06. The molecule has 0 aliphatic heterocycles. The summed E-state index contributed by atoms with van der Waals surface area (Å²) in [4.78, 5) is 12.0. The zero-order chi connectivity index (χ0) is 16.7. The lowest BCUT2D eigenvalue weighted by atomic mass is 10.1. The van der Waals surface area contributed by atoms with Crippen LogP contribution in [0.15, 0.2) is 42.5 Å². The molecule has 0 unspecified atom stereocenters. The third kappa shape index (κ3) is 4.74. The van der Waals surface area contributed by atoms with Crippen molar-refractivity contribution in [1.29, 1.82) is 0 Å². The number of benzene rings is 2. The average Bonchev–Trinajstić information content (AvgIpc) is 2.57. The Morgan fingerprint density at radius 1 is 1.09 bits per heavy atom. The third-order valence-electron chi connectivity index (χ3n) is 3.94. The van der Waals surface area contributed by atoms with Gasteiger partial charge in [-0.05, 0) is 37.1 Å². The molecule has 0 aliphatic rings. The quantitative estimate of drug-likeness (QED) is 0.823. The van der Waals surface area contributed by atoms with Crippen LogP contribution in [0.5, 0.6) is 5.75 Å². The van der Waals surface area contributed by atoms with E-state index in [4.69, 9.17) is 4.74 Å². The molecule has 122 valence electrons. The van der Waals surface area contributed by atoms with Gasteiger partial charge in [-0.2, -0.15) is 0 Å². The molecule has 2 aromatic rings. The fraction of sp³-hybridized carbons (Fsp3) is 0.316. The zero-order valence-corrected chi connectivity index (χ0v) is 14.0. The highest BCUT2D eigenvalue weighted by atomic mass is 16.5. The lowest BCUT2D eigenvalue weighted by Gasteiger charge is -2.12. The standard InChI is InChI=1S/C19H24N2O2/c1-14-7-6-9-17(15(14)2)20-12-11-19(22)21-13-16-8-4-5-10-18(16)23-3/h4-10,20H,11-13H2,1-3H3,(H,21,22). The van der Waals surface area contributed by atoms with Crippen molar-refractivity contribution in [2.75, 3.05) is 19.0 Å². The molecule has 0 saturated carbocycles. The molecular formula is C19H24N2O2. The second kappa shape index (κ2) is 8.22. The molecule has 2 aromatic carbocycles. The van der Waals surface area contributed by atoms with Gasteiger partial charge in [0.2, 0.25) is 5.91 Å². The van der Waals surface area contributed by atoms with Crippen LogP contribution in [0.25, 0.3) is 0 Å². The van der Waals surface area contributed by atoms with Crippen LogP contribution in [0.3, 0.4) is 0 Å². The molecule has 0 radical (unpaired) electrons. The van der Waals surface area contributed by atoms with E-state index in [1.165, 1.54) is 11.1 Å². The van der Waals surface area contributed by atoms with E-state index < -0.39 is 0 Å². The zero-order valence-electron chi connectivity index (χ0n) is 14.0. The Bertz CT molecular complexity index is 668. The van der Waals surface area contributed by atoms with E-state index in [0.29, 0.717) is 19.5 Å². The SMILES string of the molecule is COc1ccccc1CNC(=O)CCNc1cccc(C)c1C. The molecule has 0 aliphatic carbocycles. The number of hydrogen-bond acceptors (Lipinski definition) is 3. The topological polar surface area (TPSA) is 50.4 Å². The largest absolute Gasteiger partial charge is 0.496 e. The molecule has 0 aromatic heterocycles. The Hall–Kier alpha value is -2.49. The van der Waals surface area contributed by atoms with Gasteiger partial charge in [0.05, 0.1) is 7.11 Å². The number of hydrogen-bond donors (Lipinski definition) is 2. The predicted molar refractivity (Wildman–Crippen MR) is 93.9 cm³/mol. The maximum Gasteiger partial charge on any atom is 0.222 e. The number of aryl methyl sites for hydroxylation is 1. The van der Waals surface area contributed by atoms with E-state index in [1.807, 2.05) is 36.4 Å². The van der Waals surface area contributed by atoms with Gasteiger partial charge in [0.1, 0.15) is 5.75 Å². The summed E-state index contributed by atoms with van der Waals surface area (Å²) in [6, 6.07) is 13.8. The summed E-state index contributed by atoms with van der Waals surface area (Å²) in [5.74, 6) is 0.815. The van der Waals surface area contributed by atoms with Gasteiger partial charge in [0.25, 0.3) is 0 Å². The summed E-state index contributed by atoms with van der Waals surface area (Å²) in [6.07, 6.45) is 0.433. The predicted octanol–water partition coefficient (Wildman–Crippen LogP) is 3.43. The van der Waals surface area contributed by atoms with Crippen molar-refractivity contribution in [3.8, 4) is 5.75 Å². The van der Waals surface area contributed by atoms with Crippen LogP contribution in [-0.4, -0.2) is 19.6 Å². The van der Waals surface area contributed by atoms with Gasteiger partial charge in [0.15, 0.2) is 0 Å². The third-order valence-corrected chi connectivity index (χ3v) is 3.94. The molecule has 2 rings (SSSR count). The van der Waals surface area contributed by atoms with E-state index in [2.05, 4.69) is 30.5 Å². The molecule has 4 nitrogen and oxygen atoms in total. The van der Waals surface area contributed by atoms with Crippen molar-refractivity contribution in [3.63, 3.8) is 0 Å². The lowest BCUT2D eigenvalue weighted by molar-refractivity contribution is -0.121.